The zero-order chi connectivity index (χ0) is 26.8. The average molecular weight is 545 g/mol. The summed E-state index contributed by atoms with van der Waals surface area (Å²) in [4.78, 5) is 27.4. The van der Waals surface area contributed by atoms with Gasteiger partial charge in [0.15, 0.2) is 11.6 Å². The lowest BCUT2D eigenvalue weighted by Crippen LogP contribution is -2.45. The Kier molecular flexibility index (Phi) is 7.68. The van der Waals surface area contributed by atoms with Crippen LogP contribution in [0.25, 0.3) is 20.8 Å². The van der Waals surface area contributed by atoms with Crippen LogP contribution in [0.15, 0.2) is 54.9 Å². The highest BCUT2D eigenvalue weighted by Crippen LogP contribution is 2.39. The lowest BCUT2D eigenvalue weighted by Gasteiger charge is -2.33. The average Bonchev–Trinajstić information content (AvgIpc) is 3.64. The second-order valence-corrected chi connectivity index (χ2v) is 11.7. The number of hydrogen-bond donors (Lipinski definition) is 0. The molecule has 0 unspecified atom stereocenters. The predicted molar refractivity (Wildman–Crippen MR) is 153 cm³/mol. The van der Waals surface area contributed by atoms with Crippen LogP contribution in [0.2, 0.25) is 0 Å². The third-order valence-electron chi connectivity index (χ3n) is 7.60. The first-order valence-electron chi connectivity index (χ1n) is 13.8. The third kappa shape index (κ3) is 6.35. The first-order chi connectivity index (χ1) is 19.0. The monoisotopic (exact) mass is 544 g/mol. The molecule has 202 valence electrons. The molecule has 1 aliphatic heterocycles. The van der Waals surface area contributed by atoms with Crippen molar-refractivity contribution < 1.29 is 13.9 Å². The Balaban J connectivity index is 1.14. The molecule has 2 aliphatic rings. The molecule has 0 amide bonds. The fourth-order valence-corrected chi connectivity index (χ4v) is 6.15. The molecule has 4 heterocycles. The fourth-order valence-electron chi connectivity index (χ4n) is 5.11. The second-order valence-electron chi connectivity index (χ2n) is 10.6. The molecule has 4 aromatic rings. The number of ether oxygens (including phenoxy) is 1. The van der Waals surface area contributed by atoms with Crippen LogP contribution < -0.4 is 4.74 Å². The maximum Gasteiger partial charge on any atom is 0.166 e. The van der Waals surface area contributed by atoms with Crippen molar-refractivity contribution in [2.75, 3.05) is 32.7 Å². The van der Waals surface area contributed by atoms with Crippen LogP contribution in [0.1, 0.15) is 37.3 Å². The number of piperazine rings is 1. The number of thiophene rings is 1. The molecule has 0 atom stereocenters. The summed E-state index contributed by atoms with van der Waals surface area (Å²) in [5.41, 5.74) is 3.56. The van der Waals surface area contributed by atoms with E-state index in [1.165, 1.54) is 23.0 Å². The molecular weight excluding hydrogens is 511 g/mol. The first kappa shape index (κ1) is 26.0. The number of benzene rings is 1. The van der Waals surface area contributed by atoms with Crippen molar-refractivity contribution in [2.24, 2.45) is 5.92 Å². The van der Waals surface area contributed by atoms with Gasteiger partial charge < -0.3 is 9.64 Å². The van der Waals surface area contributed by atoms with Gasteiger partial charge in [-0.2, -0.15) is 0 Å². The zero-order valence-electron chi connectivity index (χ0n) is 22.2. The molecule has 1 saturated heterocycles. The predicted octanol–water partition coefficient (Wildman–Crippen LogP) is 6.34. The van der Waals surface area contributed by atoms with E-state index < -0.39 is 5.82 Å². The van der Waals surface area contributed by atoms with Gasteiger partial charge in [0.05, 0.1) is 20.8 Å². The Bertz CT molecular complexity index is 1460. The van der Waals surface area contributed by atoms with Crippen molar-refractivity contribution in [2.45, 2.75) is 39.2 Å². The third-order valence-corrected chi connectivity index (χ3v) is 8.76. The number of Topliss-reactive ketones (excluding diaryl/α,β-unsaturated/α-hetero) is 1. The number of ketones is 1. The Morgan fingerprint density at radius 3 is 2.51 bits per heavy atom. The number of aromatic nitrogens is 2. The minimum absolute atomic E-state index is 0.137. The van der Waals surface area contributed by atoms with Crippen molar-refractivity contribution >= 4 is 27.3 Å². The molecule has 0 radical (unpaired) electrons. The van der Waals surface area contributed by atoms with Gasteiger partial charge in [-0.05, 0) is 60.7 Å². The molecular formula is C31H33FN4O2S. The maximum atomic E-state index is 14.9. The van der Waals surface area contributed by atoms with E-state index in [1.807, 2.05) is 12.3 Å². The zero-order valence-corrected chi connectivity index (χ0v) is 23.1. The highest BCUT2D eigenvalue weighted by atomic mass is 32.1. The molecule has 8 heteroatoms. The molecule has 3 aromatic heterocycles. The number of rotatable bonds is 10. The minimum atomic E-state index is -0.471. The maximum absolute atomic E-state index is 14.9. The number of carbonyl (C=O) groups excluding carboxylic acids is 1. The van der Waals surface area contributed by atoms with Crippen LogP contribution in [0.4, 0.5) is 4.39 Å². The normalized spacial score (nSPS) is 16.6. The van der Waals surface area contributed by atoms with E-state index in [2.05, 4.69) is 33.8 Å². The Labute approximate surface area is 232 Å². The molecule has 6 rings (SSSR count). The van der Waals surface area contributed by atoms with E-state index >= 15 is 0 Å². The van der Waals surface area contributed by atoms with Crippen LogP contribution in [-0.4, -0.2) is 58.3 Å². The van der Waals surface area contributed by atoms with Crippen LogP contribution in [0.5, 0.6) is 11.5 Å². The van der Waals surface area contributed by atoms with E-state index in [0.29, 0.717) is 23.7 Å². The number of likely N-dealkylation sites (N-methyl/N-ethyl adjacent to an activating group) is 1. The van der Waals surface area contributed by atoms with Crippen molar-refractivity contribution in [1.82, 2.24) is 19.8 Å². The van der Waals surface area contributed by atoms with Crippen LogP contribution in [-0.2, 0) is 17.8 Å². The molecule has 0 bridgehead atoms. The number of hydrogen-bond acceptors (Lipinski definition) is 7. The van der Waals surface area contributed by atoms with Crippen molar-refractivity contribution in [1.29, 1.82) is 0 Å². The Morgan fingerprint density at radius 2 is 1.79 bits per heavy atom. The molecule has 1 aliphatic carbocycles. The summed E-state index contributed by atoms with van der Waals surface area (Å²) < 4.78 is 21.8. The lowest BCUT2D eigenvalue weighted by molar-refractivity contribution is -0.118. The molecule has 0 spiro atoms. The fraction of sp³-hybridized carbons (Fsp3) is 0.387. The van der Waals surface area contributed by atoms with Crippen molar-refractivity contribution in [3.05, 3.63) is 71.8 Å². The first-order valence-corrected chi connectivity index (χ1v) is 14.6. The standard InChI is InChI=1S/C31H33FN4O2S/c1-2-35-11-13-36(14-12-35)20-23-5-7-26(34-19-23)30-18-27-31(39-30)29(9-10-33-27)38-28-8-6-22(17-25(28)32)16-24(37)15-21-3-4-21/h5-10,17-19,21H,2-4,11-16,20H2,1H3. The number of carbonyl (C=O) groups is 1. The lowest BCUT2D eigenvalue weighted by atomic mass is 10.0. The summed E-state index contributed by atoms with van der Waals surface area (Å²) in [5.74, 6) is 0.925. The summed E-state index contributed by atoms with van der Waals surface area (Å²) >= 11 is 1.54. The van der Waals surface area contributed by atoms with Crippen LogP contribution in [0.3, 0.4) is 0 Å². The number of nitrogens with zero attached hydrogens (tertiary/aromatic N) is 4. The topological polar surface area (TPSA) is 58.6 Å². The quantitative estimate of drug-likeness (QED) is 0.232. The highest BCUT2D eigenvalue weighted by molar-refractivity contribution is 7.22. The van der Waals surface area contributed by atoms with Gasteiger partial charge in [-0.1, -0.05) is 19.1 Å². The van der Waals surface area contributed by atoms with Gasteiger partial charge in [0.1, 0.15) is 11.5 Å². The number of pyridine rings is 2. The molecule has 1 aromatic carbocycles. The van der Waals surface area contributed by atoms with Gasteiger partial charge in [0.2, 0.25) is 0 Å². The summed E-state index contributed by atoms with van der Waals surface area (Å²) in [5, 5.41) is 0. The van der Waals surface area contributed by atoms with Gasteiger partial charge in [-0.25, -0.2) is 4.39 Å². The largest absolute Gasteiger partial charge is 0.453 e. The van der Waals surface area contributed by atoms with Gasteiger partial charge in [-0.15, -0.1) is 11.3 Å². The summed E-state index contributed by atoms with van der Waals surface area (Å²) in [6.07, 6.45) is 6.77. The van der Waals surface area contributed by atoms with E-state index in [0.717, 1.165) is 72.9 Å². The summed E-state index contributed by atoms with van der Waals surface area (Å²) in [7, 11) is 0. The van der Waals surface area contributed by atoms with E-state index in [4.69, 9.17) is 9.72 Å². The number of halogens is 1. The molecule has 1 saturated carbocycles. The van der Waals surface area contributed by atoms with Gasteiger partial charge in [-0.3, -0.25) is 19.7 Å². The van der Waals surface area contributed by atoms with Gasteiger partial charge >= 0.3 is 0 Å². The van der Waals surface area contributed by atoms with Crippen molar-refractivity contribution in [3.8, 4) is 22.1 Å². The summed E-state index contributed by atoms with van der Waals surface area (Å²) in [6.45, 7) is 8.66. The van der Waals surface area contributed by atoms with E-state index in [-0.39, 0.29) is 18.0 Å². The molecule has 0 N–H and O–H groups in total. The Hall–Kier alpha value is -3.20. The van der Waals surface area contributed by atoms with E-state index in [9.17, 15) is 9.18 Å². The van der Waals surface area contributed by atoms with Crippen LogP contribution in [0, 0.1) is 11.7 Å². The molecule has 2 fully saturated rings. The molecule has 39 heavy (non-hydrogen) atoms. The SMILES string of the molecule is CCN1CCN(Cc2ccc(-c3cc4nccc(Oc5ccc(CC(=O)CC6CC6)cc5F)c4s3)nc2)CC1. The summed E-state index contributed by atoms with van der Waals surface area (Å²) in [6, 6.07) is 12.8. The second kappa shape index (κ2) is 11.5. The van der Waals surface area contributed by atoms with Gasteiger partial charge in [0, 0.05) is 64.0 Å². The van der Waals surface area contributed by atoms with Crippen molar-refractivity contribution in [3.63, 3.8) is 0 Å². The smallest absolute Gasteiger partial charge is 0.166 e. The van der Waals surface area contributed by atoms with Gasteiger partial charge in [0.25, 0.3) is 0 Å². The van der Waals surface area contributed by atoms with Crippen LogP contribution >= 0.6 is 11.3 Å². The number of fused-ring (bicyclic) bond motifs is 1. The van der Waals surface area contributed by atoms with E-state index in [1.54, 1.807) is 24.4 Å². The minimum Gasteiger partial charge on any atom is -0.453 e. The molecule has 6 nitrogen and oxygen atoms in total. The highest BCUT2D eigenvalue weighted by Gasteiger charge is 2.24. The Morgan fingerprint density at radius 1 is 1.00 bits per heavy atom.